The van der Waals surface area contributed by atoms with Gasteiger partial charge < -0.3 is 4.90 Å². The van der Waals surface area contributed by atoms with Gasteiger partial charge in [-0.1, -0.05) is 0 Å². The molecule has 0 aromatic carbocycles. The lowest BCUT2D eigenvalue weighted by atomic mass is 10.1. The van der Waals surface area contributed by atoms with Crippen LogP contribution in [0.4, 0.5) is 0 Å². The molecule has 1 aliphatic rings. The molecule has 4 heteroatoms. The van der Waals surface area contributed by atoms with Crippen LogP contribution in [0, 0.1) is 11.3 Å². The van der Waals surface area contributed by atoms with Crippen molar-refractivity contribution >= 4 is 5.91 Å². The molecular weight excluding hydrogens is 214 g/mol. The minimum absolute atomic E-state index is 0.0614. The molecule has 1 aliphatic heterocycles. The molecule has 2 heterocycles. The van der Waals surface area contributed by atoms with Gasteiger partial charge in [0, 0.05) is 24.8 Å². The van der Waals surface area contributed by atoms with Crippen LogP contribution in [-0.4, -0.2) is 28.9 Å². The fraction of sp³-hybridized carbons (Fsp3) is 0.462. The van der Waals surface area contributed by atoms with Gasteiger partial charge in [0.15, 0.2) is 0 Å². The van der Waals surface area contributed by atoms with Crippen molar-refractivity contribution in [3.05, 3.63) is 29.6 Å². The normalized spacial score (nSPS) is 15.4. The number of nitriles is 1. The number of carbonyl (C=O) groups excluding carboxylic acids is 1. The lowest BCUT2D eigenvalue weighted by Crippen LogP contribution is -2.35. The zero-order valence-electron chi connectivity index (χ0n) is 9.72. The van der Waals surface area contributed by atoms with Crippen LogP contribution in [-0.2, 0) is 6.42 Å². The van der Waals surface area contributed by atoms with Gasteiger partial charge in [-0.25, -0.2) is 0 Å². The first-order valence-electron chi connectivity index (χ1n) is 5.92. The number of rotatable bonds is 2. The Morgan fingerprint density at radius 1 is 1.41 bits per heavy atom. The number of aromatic nitrogens is 1. The topological polar surface area (TPSA) is 57.0 Å². The van der Waals surface area contributed by atoms with Crippen molar-refractivity contribution in [3.63, 3.8) is 0 Å². The van der Waals surface area contributed by atoms with Gasteiger partial charge >= 0.3 is 0 Å². The molecule has 1 aromatic heterocycles. The number of hydrogen-bond donors (Lipinski definition) is 0. The van der Waals surface area contributed by atoms with Gasteiger partial charge in [-0.15, -0.1) is 0 Å². The summed E-state index contributed by atoms with van der Waals surface area (Å²) >= 11 is 0. The van der Waals surface area contributed by atoms with Crippen molar-refractivity contribution in [2.75, 3.05) is 13.1 Å². The molecule has 0 bridgehead atoms. The summed E-state index contributed by atoms with van der Waals surface area (Å²) in [5.41, 5.74) is 1.31. The van der Waals surface area contributed by atoms with Crippen molar-refractivity contribution in [3.8, 4) is 6.07 Å². The third-order valence-corrected chi connectivity index (χ3v) is 2.97. The lowest BCUT2D eigenvalue weighted by Gasteiger charge is -2.26. The zero-order valence-corrected chi connectivity index (χ0v) is 9.72. The summed E-state index contributed by atoms with van der Waals surface area (Å²) < 4.78 is 0. The molecule has 0 radical (unpaired) electrons. The SMILES string of the molecule is N#CCc1cc(C(=O)N2CCCCC2)ccn1. The fourth-order valence-electron chi connectivity index (χ4n) is 2.07. The van der Waals surface area contributed by atoms with Crippen LogP contribution in [0.15, 0.2) is 18.3 Å². The average molecular weight is 229 g/mol. The van der Waals surface area contributed by atoms with Gasteiger partial charge in [-0.2, -0.15) is 5.26 Å². The van der Waals surface area contributed by atoms with Crippen LogP contribution >= 0.6 is 0 Å². The maximum atomic E-state index is 12.2. The highest BCUT2D eigenvalue weighted by molar-refractivity contribution is 5.94. The van der Waals surface area contributed by atoms with E-state index in [0.29, 0.717) is 11.3 Å². The Labute approximate surface area is 101 Å². The second-order valence-electron chi connectivity index (χ2n) is 4.22. The Balaban J connectivity index is 2.13. The van der Waals surface area contributed by atoms with E-state index in [0.717, 1.165) is 25.9 Å². The molecule has 1 aromatic rings. The summed E-state index contributed by atoms with van der Waals surface area (Å²) in [6, 6.07) is 5.48. The predicted molar refractivity (Wildman–Crippen MR) is 63.3 cm³/mol. The van der Waals surface area contributed by atoms with E-state index in [2.05, 4.69) is 4.98 Å². The summed E-state index contributed by atoms with van der Waals surface area (Å²) in [6.07, 6.45) is 5.23. The van der Waals surface area contributed by atoms with Crippen LogP contribution in [0.25, 0.3) is 0 Å². The lowest BCUT2D eigenvalue weighted by molar-refractivity contribution is 0.0724. The molecule has 0 atom stereocenters. The molecule has 1 fully saturated rings. The number of piperidine rings is 1. The molecule has 88 valence electrons. The third-order valence-electron chi connectivity index (χ3n) is 2.97. The average Bonchev–Trinajstić information content (AvgIpc) is 2.40. The maximum absolute atomic E-state index is 12.2. The first kappa shape index (κ1) is 11.6. The van der Waals surface area contributed by atoms with E-state index in [-0.39, 0.29) is 12.3 Å². The van der Waals surface area contributed by atoms with E-state index < -0.39 is 0 Å². The van der Waals surface area contributed by atoms with Gasteiger partial charge in [-0.3, -0.25) is 9.78 Å². The van der Waals surface area contributed by atoms with Crippen molar-refractivity contribution in [1.29, 1.82) is 5.26 Å². The number of hydrogen-bond acceptors (Lipinski definition) is 3. The molecule has 0 unspecified atom stereocenters. The third kappa shape index (κ3) is 2.82. The molecule has 0 aliphatic carbocycles. The van der Waals surface area contributed by atoms with E-state index >= 15 is 0 Å². The van der Waals surface area contributed by atoms with Gasteiger partial charge in [-0.05, 0) is 31.4 Å². The van der Waals surface area contributed by atoms with E-state index in [1.807, 2.05) is 11.0 Å². The number of likely N-dealkylation sites (tertiary alicyclic amines) is 1. The first-order chi connectivity index (χ1) is 8.31. The highest BCUT2D eigenvalue weighted by atomic mass is 16.2. The molecule has 0 N–H and O–H groups in total. The quantitative estimate of drug-likeness (QED) is 0.776. The van der Waals surface area contributed by atoms with Crippen LogP contribution < -0.4 is 0 Å². The summed E-state index contributed by atoms with van der Waals surface area (Å²) in [4.78, 5) is 18.1. The smallest absolute Gasteiger partial charge is 0.253 e. The van der Waals surface area contributed by atoms with Crippen LogP contribution in [0.3, 0.4) is 0 Å². The first-order valence-corrected chi connectivity index (χ1v) is 5.92. The Morgan fingerprint density at radius 2 is 2.18 bits per heavy atom. The highest BCUT2D eigenvalue weighted by Crippen LogP contribution is 2.13. The summed E-state index contributed by atoms with van der Waals surface area (Å²) in [7, 11) is 0. The molecule has 1 amide bonds. The zero-order chi connectivity index (χ0) is 12.1. The van der Waals surface area contributed by atoms with Gasteiger partial charge in [0.25, 0.3) is 5.91 Å². The predicted octanol–water partition coefficient (Wildman–Crippen LogP) is 1.77. The molecule has 0 saturated carbocycles. The van der Waals surface area contributed by atoms with Crippen molar-refractivity contribution < 1.29 is 4.79 Å². The molecular formula is C13H15N3O. The van der Waals surface area contributed by atoms with E-state index in [1.54, 1.807) is 18.3 Å². The second-order valence-corrected chi connectivity index (χ2v) is 4.22. The van der Waals surface area contributed by atoms with E-state index in [4.69, 9.17) is 5.26 Å². The Hall–Kier alpha value is -1.89. The molecule has 17 heavy (non-hydrogen) atoms. The molecule has 1 saturated heterocycles. The summed E-state index contributed by atoms with van der Waals surface area (Å²) in [5, 5.41) is 8.61. The summed E-state index contributed by atoms with van der Waals surface area (Å²) in [6.45, 7) is 1.68. The largest absolute Gasteiger partial charge is 0.339 e. The van der Waals surface area contributed by atoms with Crippen LogP contribution in [0.1, 0.15) is 35.3 Å². The van der Waals surface area contributed by atoms with Crippen molar-refractivity contribution in [1.82, 2.24) is 9.88 Å². The Kier molecular flexibility index (Phi) is 3.71. The standard InChI is InChI=1S/C13H15N3O/c14-6-4-12-10-11(5-7-15-12)13(17)16-8-2-1-3-9-16/h5,7,10H,1-4,8-9H2. The number of carbonyl (C=O) groups is 1. The molecule has 2 rings (SSSR count). The van der Waals surface area contributed by atoms with Gasteiger partial charge in [0.1, 0.15) is 0 Å². The van der Waals surface area contributed by atoms with E-state index in [1.165, 1.54) is 6.42 Å². The Morgan fingerprint density at radius 3 is 2.88 bits per heavy atom. The Bertz CT molecular complexity index is 444. The number of amides is 1. The summed E-state index contributed by atoms with van der Waals surface area (Å²) in [5.74, 6) is 0.0614. The van der Waals surface area contributed by atoms with E-state index in [9.17, 15) is 4.79 Å². The monoisotopic (exact) mass is 229 g/mol. The minimum Gasteiger partial charge on any atom is -0.339 e. The highest BCUT2D eigenvalue weighted by Gasteiger charge is 2.18. The second kappa shape index (κ2) is 5.44. The van der Waals surface area contributed by atoms with Gasteiger partial charge in [0.2, 0.25) is 0 Å². The maximum Gasteiger partial charge on any atom is 0.253 e. The number of pyridine rings is 1. The van der Waals surface area contributed by atoms with Crippen LogP contribution in [0.2, 0.25) is 0 Å². The molecule has 4 nitrogen and oxygen atoms in total. The minimum atomic E-state index is 0.0614. The van der Waals surface area contributed by atoms with Crippen molar-refractivity contribution in [2.24, 2.45) is 0 Å². The fourth-order valence-corrected chi connectivity index (χ4v) is 2.07. The van der Waals surface area contributed by atoms with Crippen LogP contribution in [0.5, 0.6) is 0 Å². The van der Waals surface area contributed by atoms with Crippen molar-refractivity contribution in [2.45, 2.75) is 25.7 Å². The molecule has 0 spiro atoms. The van der Waals surface area contributed by atoms with Gasteiger partial charge in [0.05, 0.1) is 18.2 Å². The number of nitrogens with zero attached hydrogens (tertiary/aromatic N) is 3.